The average Bonchev–Trinajstić information content (AvgIpc) is 3.44. The first-order chi connectivity index (χ1) is 15.2. The SMILES string of the molecule is CC(=O)O[C@H]1[C@H]2O[C@]23C2CC[C@@H]4C[C@@H](O)CC[C@]4(C)[C@H]2CC[C@]3(C)[C@H]1c1ccc(=O)oc1. The molecule has 1 saturated heterocycles. The lowest BCUT2D eigenvalue weighted by Gasteiger charge is -2.61. The normalized spacial score (nSPS) is 51.1. The zero-order chi connectivity index (χ0) is 22.5. The van der Waals surface area contributed by atoms with Gasteiger partial charge in [0.15, 0.2) is 0 Å². The van der Waals surface area contributed by atoms with Gasteiger partial charge in [-0.05, 0) is 79.7 Å². The molecule has 5 aliphatic rings. The molecular formula is C26H34O6. The Labute approximate surface area is 188 Å². The monoisotopic (exact) mass is 442 g/mol. The van der Waals surface area contributed by atoms with Gasteiger partial charge in [0, 0.05) is 24.3 Å². The molecular weight excluding hydrogens is 408 g/mol. The summed E-state index contributed by atoms with van der Waals surface area (Å²) < 4.78 is 17.8. The van der Waals surface area contributed by atoms with Crippen LogP contribution in [0.3, 0.4) is 0 Å². The molecule has 0 bridgehead atoms. The summed E-state index contributed by atoms with van der Waals surface area (Å²) in [5.74, 6) is 1.24. The Balaban J connectivity index is 1.41. The Bertz CT molecular complexity index is 982. The topological polar surface area (TPSA) is 89.3 Å². The average molecular weight is 443 g/mol. The molecule has 2 heterocycles. The minimum atomic E-state index is -0.369. The molecule has 10 atom stereocenters. The lowest BCUT2D eigenvalue weighted by molar-refractivity contribution is -0.158. The quantitative estimate of drug-likeness (QED) is 0.554. The number of ether oxygens (including phenoxy) is 2. The van der Waals surface area contributed by atoms with Gasteiger partial charge in [0.25, 0.3) is 0 Å². The number of aliphatic hydroxyl groups is 1. The number of esters is 1. The molecule has 174 valence electrons. The van der Waals surface area contributed by atoms with E-state index in [9.17, 15) is 14.7 Å². The second kappa shape index (κ2) is 6.69. The van der Waals surface area contributed by atoms with E-state index in [1.165, 1.54) is 13.0 Å². The fourth-order valence-electron chi connectivity index (χ4n) is 9.10. The highest BCUT2D eigenvalue weighted by atomic mass is 16.7. The summed E-state index contributed by atoms with van der Waals surface area (Å²) in [6.45, 7) is 6.23. The molecule has 1 N–H and O–H groups in total. The minimum Gasteiger partial charge on any atom is -0.459 e. The molecule has 5 fully saturated rings. The molecule has 1 aromatic heterocycles. The zero-order valence-corrected chi connectivity index (χ0v) is 19.2. The molecule has 32 heavy (non-hydrogen) atoms. The van der Waals surface area contributed by atoms with Crippen molar-refractivity contribution in [2.24, 2.45) is 28.6 Å². The maximum absolute atomic E-state index is 12.1. The van der Waals surface area contributed by atoms with E-state index >= 15 is 0 Å². The van der Waals surface area contributed by atoms with Crippen molar-refractivity contribution in [2.75, 3.05) is 0 Å². The van der Waals surface area contributed by atoms with Crippen molar-refractivity contribution in [3.8, 4) is 0 Å². The Morgan fingerprint density at radius 2 is 1.94 bits per heavy atom. The molecule has 4 saturated carbocycles. The number of hydrogen-bond donors (Lipinski definition) is 1. The van der Waals surface area contributed by atoms with Gasteiger partial charge in [-0.2, -0.15) is 0 Å². The molecule has 6 rings (SSSR count). The highest BCUT2D eigenvalue weighted by Gasteiger charge is 2.84. The number of rotatable bonds is 2. The van der Waals surface area contributed by atoms with Crippen LogP contribution in [-0.2, 0) is 14.3 Å². The minimum absolute atomic E-state index is 0.0471. The van der Waals surface area contributed by atoms with Crippen LogP contribution < -0.4 is 5.63 Å². The summed E-state index contributed by atoms with van der Waals surface area (Å²) in [5, 5.41) is 10.3. The van der Waals surface area contributed by atoms with Gasteiger partial charge in [0.1, 0.15) is 17.8 Å². The number of fused-ring (bicyclic) bond motifs is 3. The molecule has 1 aliphatic heterocycles. The first-order valence-corrected chi connectivity index (χ1v) is 12.3. The third kappa shape index (κ3) is 2.54. The third-order valence-electron chi connectivity index (χ3n) is 10.5. The highest BCUT2D eigenvalue weighted by Crippen LogP contribution is 2.78. The fourth-order valence-corrected chi connectivity index (χ4v) is 9.10. The summed E-state index contributed by atoms with van der Waals surface area (Å²) in [4.78, 5) is 23.7. The largest absolute Gasteiger partial charge is 0.459 e. The molecule has 6 heteroatoms. The van der Waals surface area contributed by atoms with Crippen LogP contribution in [0.5, 0.6) is 0 Å². The Morgan fingerprint density at radius 3 is 2.66 bits per heavy atom. The van der Waals surface area contributed by atoms with Crippen molar-refractivity contribution in [3.63, 3.8) is 0 Å². The van der Waals surface area contributed by atoms with E-state index in [2.05, 4.69) is 13.8 Å². The van der Waals surface area contributed by atoms with Gasteiger partial charge < -0.3 is 19.0 Å². The molecule has 1 spiro atoms. The fraction of sp³-hybridized carbons (Fsp3) is 0.769. The Kier molecular flexibility index (Phi) is 4.37. The zero-order valence-electron chi connectivity index (χ0n) is 19.2. The van der Waals surface area contributed by atoms with E-state index < -0.39 is 0 Å². The predicted octanol–water partition coefficient (Wildman–Crippen LogP) is 3.80. The lowest BCUT2D eigenvalue weighted by atomic mass is 9.44. The van der Waals surface area contributed by atoms with Crippen LogP contribution in [-0.4, -0.2) is 35.0 Å². The van der Waals surface area contributed by atoms with Gasteiger partial charge in [0.2, 0.25) is 0 Å². The summed E-state index contributed by atoms with van der Waals surface area (Å²) in [6, 6.07) is 3.30. The van der Waals surface area contributed by atoms with Crippen molar-refractivity contribution < 1.29 is 23.8 Å². The summed E-state index contributed by atoms with van der Waals surface area (Å²) >= 11 is 0. The first kappa shape index (κ1) is 20.9. The number of epoxide rings is 1. The van der Waals surface area contributed by atoms with E-state index in [0.29, 0.717) is 17.8 Å². The lowest BCUT2D eigenvalue weighted by Crippen LogP contribution is -2.58. The van der Waals surface area contributed by atoms with Crippen LogP contribution in [0.15, 0.2) is 27.6 Å². The number of aliphatic hydroxyl groups excluding tert-OH is 1. The number of hydrogen-bond acceptors (Lipinski definition) is 6. The van der Waals surface area contributed by atoms with Crippen LogP contribution in [0.25, 0.3) is 0 Å². The van der Waals surface area contributed by atoms with Crippen LogP contribution >= 0.6 is 0 Å². The smallest absolute Gasteiger partial charge is 0.335 e. The van der Waals surface area contributed by atoms with Gasteiger partial charge in [-0.25, -0.2) is 4.79 Å². The van der Waals surface area contributed by atoms with Gasteiger partial charge in [-0.15, -0.1) is 0 Å². The van der Waals surface area contributed by atoms with Crippen molar-refractivity contribution in [1.29, 1.82) is 0 Å². The van der Waals surface area contributed by atoms with Crippen molar-refractivity contribution in [2.45, 2.75) is 95.5 Å². The van der Waals surface area contributed by atoms with E-state index in [1.54, 1.807) is 6.26 Å². The van der Waals surface area contributed by atoms with E-state index in [4.69, 9.17) is 13.9 Å². The molecule has 6 nitrogen and oxygen atoms in total. The third-order valence-corrected chi connectivity index (χ3v) is 10.5. The standard InChI is InChI=1S/C26H34O6/c1-14(27)31-22-21(15-4-7-20(29)30-13-15)25(3)11-9-18-19(26(25)23(22)32-26)6-5-16-12-17(28)8-10-24(16,18)2/h4,7,13,16-19,21-23,28H,5-6,8-12H2,1-3H3/t16-,17+,18+,19?,21+,22-,23-,24+,25-,26-/m1/s1. The maximum atomic E-state index is 12.1. The summed E-state index contributed by atoms with van der Waals surface area (Å²) in [5.41, 5.74) is 0.319. The van der Waals surface area contributed by atoms with Crippen LogP contribution in [0.1, 0.15) is 77.2 Å². The second-order valence-electron chi connectivity index (χ2n) is 11.6. The van der Waals surface area contributed by atoms with Gasteiger partial charge in [0.05, 0.1) is 12.4 Å². The molecule has 0 amide bonds. The number of carbonyl (C=O) groups excluding carboxylic acids is 1. The van der Waals surface area contributed by atoms with Crippen LogP contribution in [0, 0.1) is 28.6 Å². The predicted molar refractivity (Wildman–Crippen MR) is 116 cm³/mol. The van der Waals surface area contributed by atoms with Crippen LogP contribution in [0.2, 0.25) is 0 Å². The van der Waals surface area contributed by atoms with E-state index in [0.717, 1.165) is 50.5 Å². The van der Waals surface area contributed by atoms with E-state index in [-0.39, 0.29) is 52.3 Å². The highest BCUT2D eigenvalue weighted by molar-refractivity contribution is 5.66. The summed E-state index contributed by atoms with van der Waals surface area (Å²) in [7, 11) is 0. The second-order valence-corrected chi connectivity index (χ2v) is 11.6. The van der Waals surface area contributed by atoms with Gasteiger partial charge >= 0.3 is 11.6 Å². The number of carbonyl (C=O) groups is 1. The van der Waals surface area contributed by atoms with Gasteiger partial charge in [-0.1, -0.05) is 13.8 Å². The van der Waals surface area contributed by atoms with Gasteiger partial charge in [-0.3, -0.25) is 4.79 Å². The molecule has 1 unspecified atom stereocenters. The maximum Gasteiger partial charge on any atom is 0.335 e. The molecule has 1 aromatic rings. The Hall–Kier alpha value is -1.66. The van der Waals surface area contributed by atoms with Crippen molar-refractivity contribution in [3.05, 3.63) is 34.4 Å². The molecule has 0 aromatic carbocycles. The Morgan fingerprint density at radius 1 is 1.12 bits per heavy atom. The summed E-state index contributed by atoms with van der Waals surface area (Å²) in [6.07, 6.45) is 8.20. The molecule has 0 radical (unpaired) electrons. The van der Waals surface area contributed by atoms with Crippen molar-refractivity contribution >= 4 is 5.97 Å². The van der Waals surface area contributed by atoms with Crippen LogP contribution in [0.4, 0.5) is 0 Å². The van der Waals surface area contributed by atoms with E-state index in [1.807, 2.05) is 6.07 Å². The van der Waals surface area contributed by atoms with Crippen molar-refractivity contribution in [1.82, 2.24) is 0 Å². The molecule has 4 aliphatic carbocycles. The first-order valence-electron chi connectivity index (χ1n) is 12.3.